The summed E-state index contributed by atoms with van der Waals surface area (Å²) in [6.45, 7) is 11.2. The Balaban J connectivity index is 1.31. The zero-order valence-electron chi connectivity index (χ0n) is 27.1. The van der Waals surface area contributed by atoms with E-state index in [0.717, 1.165) is 48.8 Å². The predicted octanol–water partition coefficient (Wildman–Crippen LogP) is 8.51. The third-order valence-electron chi connectivity index (χ3n) is 7.30. The van der Waals surface area contributed by atoms with Crippen molar-refractivity contribution < 1.29 is 42.9 Å². The predicted molar refractivity (Wildman–Crippen MR) is 182 cm³/mol. The van der Waals surface area contributed by atoms with Gasteiger partial charge in [0.25, 0.3) is 0 Å². The number of ether oxygens (including phenoxy) is 5. The summed E-state index contributed by atoms with van der Waals surface area (Å²) in [5, 5.41) is 1.55. The Kier molecular flexibility index (Phi) is 12.7. The minimum absolute atomic E-state index is 0.0564. The minimum Gasteiger partial charge on any atom is -0.494 e. The molecule has 0 atom stereocenters. The molecular formula is C39H38O9. The molecule has 0 aliphatic carbocycles. The Morgan fingerprint density at radius 3 is 2.02 bits per heavy atom. The summed E-state index contributed by atoms with van der Waals surface area (Å²) in [7, 11) is 0. The van der Waals surface area contributed by atoms with E-state index in [4.69, 9.17) is 23.7 Å². The number of carbonyl (C=O) groups excluding carboxylic acids is 4. The summed E-state index contributed by atoms with van der Waals surface area (Å²) in [5.41, 5.74) is 1.33. The highest BCUT2D eigenvalue weighted by Gasteiger charge is 2.18. The maximum atomic E-state index is 13.1. The molecule has 4 aromatic rings. The van der Waals surface area contributed by atoms with Gasteiger partial charge in [0.2, 0.25) is 0 Å². The first-order valence-electron chi connectivity index (χ1n) is 15.7. The summed E-state index contributed by atoms with van der Waals surface area (Å²) in [4.78, 5) is 48.9. The zero-order valence-corrected chi connectivity index (χ0v) is 27.1. The number of hydrogen-bond donors (Lipinski definition) is 0. The van der Waals surface area contributed by atoms with Crippen molar-refractivity contribution in [3.05, 3.63) is 121 Å². The van der Waals surface area contributed by atoms with Crippen molar-refractivity contribution >= 4 is 34.6 Å². The molecule has 0 radical (unpaired) electrons. The van der Waals surface area contributed by atoms with Crippen LogP contribution in [0.15, 0.2) is 104 Å². The van der Waals surface area contributed by atoms with Crippen molar-refractivity contribution in [2.45, 2.75) is 51.9 Å². The van der Waals surface area contributed by atoms with Crippen LogP contribution < -0.4 is 18.9 Å². The molecule has 0 heterocycles. The van der Waals surface area contributed by atoms with Crippen LogP contribution >= 0.6 is 0 Å². The molecule has 0 N–H and O–H groups in total. The maximum Gasteiger partial charge on any atom is 0.343 e. The van der Waals surface area contributed by atoms with Gasteiger partial charge in [-0.15, -0.1) is 0 Å². The lowest BCUT2D eigenvalue weighted by atomic mass is 9.99. The molecule has 0 aromatic heterocycles. The molecule has 0 saturated heterocycles. The van der Waals surface area contributed by atoms with Crippen molar-refractivity contribution in [1.29, 1.82) is 0 Å². The van der Waals surface area contributed by atoms with Crippen LogP contribution in [0.3, 0.4) is 0 Å². The normalized spacial score (nSPS) is 10.6. The van der Waals surface area contributed by atoms with Gasteiger partial charge in [-0.1, -0.05) is 52.0 Å². The molecule has 0 bridgehead atoms. The molecule has 0 fully saturated rings. The number of hydrogen-bond acceptors (Lipinski definition) is 9. The molecule has 4 aromatic carbocycles. The summed E-state index contributed by atoms with van der Waals surface area (Å²) in [5.74, 6) is -0.254. The monoisotopic (exact) mass is 650 g/mol. The van der Waals surface area contributed by atoms with Gasteiger partial charge in [-0.05, 0) is 102 Å². The van der Waals surface area contributed by atoms with E-state index in [1.165, 1.54) is 0 Å². The number of fused-ring (bicyclic) bond motifs is 1. The fraction of sp³-hybridized carbons (Fsp3) is 0.231. The molecule has 0 amide bonds. The molecule has 0 unspecified atom stereocenters. The molecule has 248 valence electrons. The molecule has 48 heavy (non-hydrogen) atoms. The Labute approximate surface area is 279 Å². The molecule has 9 heteroatoms. The van der Waals surface area contributed by atoms with Crippen LogP contribution in [0, 0.1) is 0 Å². The lowest BCUT2D eigenvalue weighted by molar-refractivity contribution is -0.138. The van der Waals surface area contributed by atoms with Crippen molar-refractivity contribution in [2.75, 3.05) is 6.61 Å². The zero-order chi connectivity index (χ0) is 34.5. The summed E-state index contributed by atoms with van der Waals surface area (Å²) in [6.07, 6.45) is 6.02. The second-order valence-electron chi connectivity index (χ2n) is 11.2. The van der Waals surface area contributed by atoms with Crippen molar-refractivity contribution in [2.24, 2.45) is 0 Å². The average Bonchev–Trinajstić information content (AvgIpc) is 3.08. The highest BCUT2D eigenvalue weighted by Crippen LogP contribution is 2.30. The quantitative estimate of drug-likeness (QED) is 0.0387. The van der Waals surface area contributed by atoms with Gasteiger partial charge in [0.05, 0.1) is 24.0 Å². The van der Waals surface area contributed by atoms with Crippen LogP contribution in [0.2, 0.25) is 0 Å². The molecular weight excluding hydrogens is 612 g/mol. The first kappa shape index (κ1) is 35.2. The largest absolute Gasteiger partial charge is 0.494 e. The van der Waals surface area contributed by atoms with E-state index in [1.807, 2.05) is 13.8 Å². The second-order valence-corrected chi connectivity index (χ2v) is 11.2. The van der Waals surface area contributed by atoms with Gasteiger partial charge in [0, 0.05) is 12.5 Å². The van der Waals surface area contributed by atoms with E-state index in [1.54, 1.807) is 78.9 Å². The van der Waals surface area contributed by atoms with E-state index >= 15 is 0 Å². The van der Waals surface area contributed by atoms with Crippen LogP contribution in [0.4, 0.5) is 0 Å². The standard InChI is InChI=1S/C39H38O9/c1-5-36(40)46-33-16-14-27-23-29(13-12-28(27)24-33)39(43)48-35-21-15-30(25-34(35)26(3)4)38(42)47-32-19-17-31(18-20-32)45-22-10-8-7-9-11-37(41)44-6-2/h5-6,12-21,23-26H,1-2,7-11,22H2,3-4H3. The number of carbonyl (C=O) groups is 4. The lowest BCUT2D eigenvalue weighted by Crippen LogP contribution is -2.13. The van der Waals surface area contributed by atoms with Crippen molar-refractivity contribution in [1.82, 2.24) is 0 Å². The smallest absolute Gasteiger partial charge is 0.343 e. The number of esters is 4. The Bertz CT molecular complexity index is 1790. The van der Waals surface area contributed by atoms with E-state index in [-0.39, 0.29) is 11.9 Å². The van der Waals surface area contributed by atoms with Gasteiger partial charge in [0.1, 0.15) is 23.0 Å². The van der Waals surface area contributed by atoms with Crippen LogP contribution in [0.1, 0.15) is 78.1 Å². The van der Waals surface area contributed by atoms with Gasteiger partial charge >= 0.3 is 23.9 Å². The summed E-state index contributed by atoms with van der Waals surface area (Å²) in [6, 6.07) is 21.8. The van der Waals surface area contributed by atoms with Crippen LogP contribution in [0.25, 0.3) is 10.8 Å². The first-order chi connectivity index (χ1) is 23.2. The third kappa shape index (κ3) is 10.2. The highest BCUT2D eigenvalue weighted by molar-refractivity contribution is 5.97. The third-order valence-corrected chi connectivity index (χ3v) is 7.30. The first-order valence-corrected chi connectivity index (χ1v) is 15.7. The molecule has 0 aliphatic rings. The lowest BCUT2D eigenvalue weighted by Gasteiger charge is -2.15. The average molecular weight is 651 g/mol. The van der Waals surface area contributed by atoms with Gasteiger partial charge in [-0.3, -0.25) is 4.79 Å². The Hall–Kier alpha value is -5.70. The van der Waals surface area contributed by atoms with E-state index in [0.29, 0.717) is 52.7 Å². The van der Waals surface area contributed by atoms with Crippen LogP contribution in [-0.2, 0) is 14.3 Å². The molecule has 0 aliphatic heterocycles. The SMILES string of the molecule is C=COC(=O)CCCCCCOc1ccc(OC(=O)c2ccc(OC(=O)c3ccc4cc(OC(=O)C=C)ccc4c3)c(C(C)C)c2)cc1. The highest BCUT2D eigenvalue weighted by atomic mass is 16.5. The topological polar surface area (TPSA) is 114 Å². The summed E-state index contributed by atoms with van der Waals surface area (Å²) >= 11 is 0. The van der Waals surface area contributed by atoms with Gasteiger partial charge in [-0.2, -0.15) is 0 Å². The Morgan fingerprint density at radius 1 is 0.667 bits per heavy atom. The summed E-state index contributed by atoms with van der Waals surface area (Å²) < 4.78 is 27.0. The van der Waals surface area contributed by atoms with E-state index in [2.05, 4.69) is 13.2 Å². The van der Waals surface area contributed by atoms with Gasteiger partial charge in [0.15, 0.2) is 0 Å². The van der Waals surface area contributed by atoms with E-state index in [9.17, 15) is 19.2 Å². The van der Waals surface area contributed by atoms with Crippen LogP contribution in [0.5, 0.6) is 23.0 Å². The van der Waals surface area contributed by atoms with E-state index < -0.39 is 17.9 Å². The minimum atomic E-state index is -0.558. The molecule has 0 saturated carbocycles. The van der Waals surface area contributed by atoms with Crippen LogP contribution in [-0.4, -0.2) is 30.5 Å². The fourth-order valence-electron chi connectivity index (χ4n) is 4.79. The van der Waals surface area contributed by atoms with Gasteiger partial charge in [-0.25, -0.2) is 14.4 Å². The van der Waals surface area contributed by atoms with Crippen molar-refractivity contribution in [3.63, 3.8) is 0 Å². The number of unbranched alkanes of at least 4 members (excludes halogenated alkanes) is 3. The number of benzene rings is 4. The van der Waals surface area contributed by atoms with Gasteiger partial charge < -0.3 is 23.7 Å². The second kappa shape index (κ2) is 17.3. The Morgan fingerprint density at radius 2 is 1.29 bits per heavy atom. The fourth-order valence-corrected chi connectivity index (χ4v) is 4.79. The molecule has 4 rings (SSSR count). The molecule has 9 nitrogen and oxygen atoms in total. The van der Waals surface area contributed by atoms with Crippen molar-refractivity contribution in [3.8, 4) is 23.0 Å². The molecule has 0 spiro atoms. The maximum absolute atomic E-state index is 13.1. The number of rotatable bonds is 16.